The van der Waals surface area contributed by atoms with Crippen LogP contribution in [0, 0.1) is 6.92 Å². The molecule has 5 nitrogen and oxygen atoms in total. The highest BCUT2D eigenvalue weighted by atomic mass is 15.1. The zero-order valence-corrected chi connectivity index (χ0v) is 6.39. The molecule has 0 unspecified atom stereocenters. The van der Waals surface area contributed by atoms with E-state index >= 15 is 0 Å². The number of hydrogen-bond acceptors (Lipinski definition) is 4. The largest absolute Gasteiger partial charge is 0.282 e. The second-order valence-electron chi connectivity index (χ2n) is 2.64. The van der Waals surface area contributed by atoms with Gasteiger partial charge in [0.2, 0.25) is 0 Å². The zero-order chi connectivity index (χ0) is 8.13. The quantitative estimate of drug-likeness (QED) is 0.477. The van der Waals surface area contributed by atoms with Crippen LogP contribution in [0.25, 0.3) is 16.8 Å². The lowest BCUT2D eigenvalue weighted by Gasteiger charge is -1.83. The Balaban J connectivity index is 2.77. The van der Waals surface area contributed by atoms with Gasteiger partial charge in [-0.05, 0) is 6.92 Å². The Hall–Kier alpha value is -1.78. The molecule has 0 radical (unpaired) electrons. The molecule has 0 saturated carbocycles. The van der Waals surface area contributed by atoms with Gasteiger partial charge in [0.05, 0.1) is 0 Å². The highest BCUT2D eigenvalue weighted by molar-refractivity contribution is 5.86. The predicted molar refractivity (Wildman–Crippen MR) is 42.0 cm³/mol. The summed E-state index contributed by atoms with van der Waals surface area (Å²) in [6, 6.07) is 0. The molecule has 0 spiro atoms. The van der Waals surface area contributed by atoms with E-state index < -0.39 is 0 Å². The molecule has 0 fully saturated rings. The molecule has 0 aromatic carbocycles. The molecule has 0 aliphatic rings. The van der Waals surface area contributed by atoms with Crippen molar-refractivity contribution >= 4 is 16.8 Å². The van der Waals surface area contributed by atoms with Crippen LogP contribution in [0.4, 0.5) is 0 Å². The van der Waals surface area contributed by atoms with Crippen LogP contribution in [-0.2, 0) is 0 Å². The van der Waals surface area contributed by atoms with Gasteiger partial charge in [-0.15, -0.1) is 0 Å². The van der Waals surface area contributed by atoms with Crippen molar-refractivity contribution in [2.24, 2.45) is 0 Å². The Morgan fingerprint density at radius 2 is 2.00 bits per heavy atom. The second kappa shape index (κ2) is 1.69. The van der Waals surface area contributed by atoms with Gasteiger partial charge in [-0.1, -0.05) is 0 Å². The molecule has 3 aromatic rings. The van der Waals surface area contributed by atoms with Crippen LogP contribution in [0.3, 0.4) is 0 Å². The molecule has 3 aromatic heterocycles. The minimum atomic E-state index is 0.709. The van der Waals surface area contributed by atoms with Gasteiger partial charge in [-0.3, -0.25) is 4.40 Å². The third-order valence-electron chi connectivity index (χ3n) is 1.94. The van der Waals surface area contributed by atoms with Crippen molar-refractivity contribution in [2.45, 2.75) is 6.92 Å². The molecule has 58 valence electrons. The fourth-order valence-corrected chi connectivity index (χ4v) is 1.37. The molecule has 0 amide bonds. The van der Waals surface area contributed by atoms with E-state index in [0.29, 0.717) is 5.65 Å². The number of imidazole rings is 2. The summed E-state index contributed by atoms with van der Waals surface area (Å²) in [5.41, 5.74) is 2.34. The van der Waals surface area contributed by atoms with Crippen LogP contribution < -0.4 is 0 Å². The van der Waals surface area contributed by atoms with Crippen LogP contribution in [0.2, 0.25) is 0 Å². The number of nitrogens with zero attached hydrogens (tertiary/aromatic N) is 5. The van der Waals surface area contributed by atoms with E-state index in [4.69, 9.17) is 0 Å². The highest BCUT2D eigenvalue weighted by Gasteiger charge is 2.10. The van der Waals surface area contributed by atoms with Crippen molar-refractivity contribution < 1.29 is 0 Å². The first-order chi connectivity index (χ1) is 5.86. The lowest BCUT2D eigenvalue weighted by molar-refractivity contribution is 1.03. The fourth-order valence-electron chi connectivity index (χ4n) is 1.37. The summed E-state index contributed by atoms with van der Waals surface area (Å²) in [4.78, 5) is 16.4. The van der Waals surface area contributed by atoms with E-state index in [9.17, 15) is 0 Å². The van der Waals surface area contributed by atoms with Gasteiger partial charge in [0.25, 0.3) is 0 Å². The Morgan fingerprint density at radius 3 is 2.92 bits per heavy atom. The summed E-state index contributed by atoms with van der Waals surface area (Å²) in [6.45, 7) is 1.92. The second-order valence-corrected chi connectivity index (χ2v) is 2.64. The Morgan fingerprint density at radius 1 is 1.17 bits per heavy atom. The summed E-state index contributed by atoms with van der Waals surface area (Å²) in [6.07, 6.45) is 3.20. The summed E-state index contributed by atoms with van der Waals surface area (Å²) in [5, 5.41) is 0. The van der Waals surface area contributed by atoms with Crippen LogP contribution in [-0.4, -0.2) is 24.3 Å². The van der Waals surface area contributed by atoms with Gasteiger partial charge < -0.3 is 0 Å². The lowest BCUT2D eigenvalue weighted by atomic mass is 10.5. The molecule has 0 aliphatic carbocycles. The van der Waals surface area contributed by atoms with Crippen molar-refractivity contribution in [2.75, 3.05) is 0 Å². The van der Waals surface area contributed by atoms with Crippen molar-refractivity contribution in [1.82, 2.24) is 24.3 Å². The van der Waals surface area contributed by atoms with E-state index in [1.807, 2.05) is 11.3 Å². The van der Waals surface area contributed by atoms with Gasteiger partial charge >= 0.3 is 0 Å². The molecule has 12 heavy (non-hydrogen) atoms. The lowest BCUT2D eigenvalue weighted by Crippen LogP contribution is -1.80. The Labute approximate surface area is 67.5 Å². The third-order valence-corrected chi connectivity index (χ3v) is 1.94. The minimum absolute atomic E-state index is 0.709. The van der Waals surface area contributed by atoms with Crippen LogP contribution in [0.1, 0.15) is 5.82 Å². The summed E-state index contributed by atoms with van der Waals surface area (Å²) in [7, 11) is 0. The maximum atomic E-state index is 4.25. The van der Waals surface area contributed by atoms with Gasteiger partial charge in [-0.25, -0.2) is 19.9 Å². The summed E-state index contributed by atoms with van der Waals surface area (Å²) >= 11 is 0. The molecule has 3 rings (SSSR count). The molecular formula is C7H5N5. The monoisotopic (exact) mass is 159 g/mol. The van der Waals surface area contributed by atoms with E-state index in [0.717, 1.165) is 17.0 Å². The molecule has 0 atom stereocenters. The van der Waals surface area contributed by atoms with Crippen molar-refractivity contribution in [3.8, 4) is 0 Å². The van der Waals surface area contributed by atoms with Crippen molar-refractivity contribution in [1.29, 1.82) is 0 Å². The number of rotatable bonds is 0. The average Bonchev–Trinajstić information content (AvgIpc) is 2.60. The highest BCUT2D eigenvalue weighted by Crippen LogP contribution is 2.15. The molecule has 0 saturated heterocycles. The molecule has 5 heteroatoms. The minimum Gasteiger partial charge on any atom is -0.282 e. The van der Waals surface area contributed by atoms with Gasteiger partial charge in [-0.2, -0.15) is 0 Å². The number of aryl methyl sites for hydroxylation is 1. The van der Waals surface area contributed by atoms with Crippen LogP contribution >= 0.6 is 0 Å². The molecule has 0 bridgehead atoms. The molecule has 0 aliphatic heterocycles. The topological polar surface area (TPSA) is 56.0 Å². The maximum Gasteiger partial charge on any atom is 0.183 e. The standard InChI is InChI=1S/C7H5N5/c1-4-11-7-5-6(8-2-9-7)10-3-12(4)5/h2-3H,1H3. The fraction of sp³-hybridized carbons (Fsp3) is 0.143. The van der Waals surface area contributed by atoms with E-state index in [-0.39, 0.29) is 0 Å². The molecular weight excluding hydrogens is 154 g/mol. The third kappa shape index (κ3) is 0.502. The van der Waals surface area contributed by atoms with E-state index in [2.05, 4.69) is 19.9 Å². The van der Waals surface area contributed by atoms with Crippen molar-refractivity contribution in [3.63, 3.8) is 0 Å². The maximum absolute atomic E-state index is 4.25. The molecule has 3 heterocycles. The van der Waals surface area contributed by atoms with Crippen molar-refractivity contribution in [3.05, 3.63) is 18.5 Å². The number of aromatic nitrogens is 5. The normalized spacial score (nSPS) is 11.8. The number of hydrogen-bond donors (Lipinski definition) is 0. The zero-order valence-electron chi connectivity index (χ0n) is 6.39. The van der Waals surface area contributed by atoms with E-state index in [1.165, 1.54) is 6.33 Å². The first-order valence-electron chi connectivity index (χ1n) is 3.60. The summed E-state index contributed by atoms with van der Waals surface area (Å²) in [5.74, 6) is 0.896. The first kappa shape index (κ1) is 5.82. The summed E-state index contributed by atoms with van der Waals surface area (Å²) < 4.78 is 1.89. The first-order valence-corrected chi connectivity index (χ1v) is 3.60. The van der Waals surface area contributed by atoms with Crippen LogP contribution in [0.5, 0.6) is 0 Å². The smallest absolute Gasteiger partial charge is 0.183 e. The Bertz CT molecular complexity index is 540. The molecule has 0 N–H and O–H groups in total. The van der Waals surface area contributed by atoms with Gasteiger partial charge in [0, 0.05) is 0 Å². The average molecular weight is 159 g/mol. The van der Waals surface area contributed by atoms with E-state index in [1.54, 1.807) is 6.33 Å². The van der Waals surface area contributed by atoms with Gasteiger partial charge in [0.15, 0.2) is 11.3 Å². The van der Waals surface area contributed by atoms with Gasteiger partial charge in [0.1, 0.15) is 24.0 Å². The Kier molecular flexibility index (Phi) is 0.818. The SMILES string of the molecule is Cc1nc2ncnc3ncn1c32. The predicted octanol–water partition coefficient (Wildman–Crippen LogP) is 0.419. The van der Waals surface area contributed by atoms with Crippen LogP contribution in [0.15, 0.2) is 12.7 Å².